The number of hydrogen-bond donors (Lipinski definition) is 2. The normalized spacial score (nSPS) is 17.8. The molecule has 4 heteroatoms. The fraction of sp³-hybridized carbons (Fsp3) is 0.462. The number of rotatable bonds is 1. The molecule has 1 aliphatic rings. The van der Waals surface area contributed by atoms with Gasteiger partial charge in [0, 0.05) is 18.8 Å². The van der Waals surface area contributed by atoms with Gasteiger partial charge in [0.25, 0.3) is 0 Å². The highest BCUT2D eigenvalue weighted by atomic mass is 16.1. The standard InChI is InChI=1S/C13H17N3O/c1-9-4-6-16(7-5-9)10-2-3-11-12(8-10)15-13(17)14-11/h2-3,8-9H,4-7H2,1H3,(H2,14,15,17). The Morgan fingerprint density at radius 3 is 2.65 bits per heavy atom. The Morgan fingerprint density at radius 1 is 1.18 bits per heavy atom. The van der Waals surface area contributed by atoms with Crippen molar-refractivity contribution in [3.63, 3.8) is 0 Å². The van der Waals surface area contributed by atoms with Crippen molar-refractivity contribution in [1.82, 2.24) is 9.97 Å². The number of H-pyrrole nitrogens is 2. The Bertz CT molecular complexity index is 576. The van der Waals surface area contributed by atoms with Gasteiger partial charge in [0.1, 0.15) is 0 Å². The van der Waals surface area contributed by atoms with E-state index >= 15 is 0 Å². The zero-order valence-corrected chi connectivity index (χ0v) is 9.99. The van der Waals surface area contributed by atoms with Gasteiger partial charge in [-0.2, -0.15) is 0 Å². The minimum Gasteiger partial charge on any atom is -0.371 e. The van der Waals surface area contributed by atoms with E-state index < -0.39 is 0 Å². The number of nitrogens with zero attached hydrogens (tertiary/aromatic N) is 1. The van der Waals surface area contributed by atoms with Crippen LogP contribution in [-0.4, -0.2) is 23.1 Å². The molecule has 1 saturated heterocycles. The van der Waals surface area contributed by atoms with E-state index in [-0.39, 0.29) is 5.69 Å². The van der Waals surface area contributed by atoms with Crippen molar-refractivity contribution in [2.24, 2.45) is 5.92 Å². The van der Waals surface area contributed by atoms with Gasteiger partial charge in [-0.05, 0) is 37.0 Å². The maximum absolute atomic E-state index is 11.2. The molecule has 17 heavy (non-hydrogen) atoms. The van der Waals surface area contributed by atoms with Gasteiger partial charge in [0.15, 0.2) is 0 Å². The second-order valence-corrected chi connectivity index (χ2v) is 4.98. The summed E-state index contributed by atoms with van der Waals surface area (Å²) in [6.45, 7) is 4.53. The molecule has 1 fully saturated rings. The van der Waals surface area contributed by atoms with Crippen molar-refractivity contribution >= 4 is 16.7 Å². The van der Waals surface area contributed by atoms with Crippen molar-refractivity contribution < 1.29 is 0 Å². The lowest BCUT2D eigenvalue weighted by Gasteiger charge is -2.32. The average Bonchev–Trinajstić information content (AvgIpc) is 2.69. The second kappa shape index (κ2) is 3.95. The Hall–Kier alpha value is -1.71. The zero-order chi connectivity index (χ0) is 11.8. The number of anilines is 1. The fourth-order valence-corrected chi connectivity index (χ4v) is 2.48. The number of nitrogens with one attached hydrogen (secondary N) is 2. The monoisotopic (exact) mass is 231 g/mol. The molecule has 0 atom stereocenters. The van der Waals surface area contributed by atoms with Crippen LogP contribution in [0.3, 0.4) is 0 Å². The van der Waals surface area contributed by atoms with E-state index in [0.717, 1.165) is 30.0 Å². The lowest BCUT2D eigenvalue weighted by Crippen LogP contribution is -2.32. The van der Waals surface area contributed by atoms with E-state index in [1.807, 2.05) is 6.07 Å². The van der Waals surface area contributed by atoms with Crippen LogP contribution in [0.5, 0.6) is 0 Å². The summed E-state index contributed by atoms with van der Waals surface area (Å²) in [5.41, 5.74) is 2.85. The van der Waals surface area contributed by atoms with E-state index in [2.05, 4.69) is 33.9 Å². The summed E-state index contributed by atoms with van der Waals surface area (Å²) in [5, 5.41) is 0. The number of hydrogen-bond acceptors (Lipinski definition) is 2. The fourth-order valence-electron chi connectivity index (χ4n) is 2.48. The summed E-state index contributed by atoms with van der Waals surface area (Å²) in [6, 6.07) is 6.12. The van der Waals surface area contributed by atoms with Crippen molar-refractivity contribution in [2.75, 3.05) is 18.0 Å². The molecule has 3 rings (SSSR count). The van der Waals surface area contributed by atoms with E-state index in [1.165, 1.54) is 18.5 Å². The molecule has 1 aromatic heterocycles. The predicted octanol–water partition coefficient (Wildman–Crippen LogP) is 2.09. The number of aromatic amines is 2. The van der Waals surface area contributed by atoms with E-state index in [1.54, 1.807) is 0 Å². The van der Waals surface area contributed by atoms with Gasteiger partial charge in [-0.3, -0.25) is 0 Å². The minimum atomic E-state index is -0.135. The molecule has 0 unspecified atom stereocenters. The number of benzene rings is 1. The van der Waals surface area contributed by atoms with Crippen LogP contribution in [0.25, 0.3) is 11.0 Å². The van der Waals surface area contributed by atoms with Crippen molar-refractivity contribution in [2.45, 2.75) is 19.8 Å². The highest BCUT2D eigenvalue weighted by molar-refractivity contribution is 5.79. The first-order valence-electron chi connectivity index (χ1n) is 6.19. The summed E-state index contributed by atoms with van der Waals surface area (Å²) >= 11 is 0. The van der Waals surface area contributed by atoms with Crippen molar-refractivity contribution in [3.8, 4) is 0 Å². The molecule has 0 spiro atoms. The summed E-state index contributed by atoms with van der Waals surface area (Å²) in [7, 11) is 0. The first-order valence-corrected chi connectivity index (χ1v) is 6.19. The molecule has 4 nitrogen and oxygen atoms in total. The molecule has 0 radical (unpaired) electrons. The van der Waals surface area contributed by atoms with E-state index in [4.69, 9.17) is 0 Å². The summed E-state index contributed by atoms with van der Waals surface area (Å²) in [5.74, 6) is 0.835. The summed E-state index contributed by atoms with van der Waals surface area (Å²) in [6.07, 6.45) is 2.50. The first kappa shape index (κ1) is 10.4. The van der Waals surface area contributed by atoms with Crippen LogP contribution < -0.4 is 10.6 Å². The van der Waals surface area contributed by atoms with Gasteiger partial charge in [-0.25, -0.2) is 4.79 Å². The summed E-state index contributed by atoms with van der Waals surface area (Å²) in [4.78, 5) is 19.2. The highest BCUT2D eigenvalue weighted by Gasteiger charge is 2.16. The first-order chi connectivity index (χ1) is 8.22. The van der Waals surface area contributed by atoms with Gasteiger partial charge in [-0.1, -0.05) is 6.92 Å². The van der Waals surface area contributed by atoms with Crippen LogP contribution in [0.1, 0.15) is 19.8 Å². The Labute approximate surface area is 99.6 Å². The van der Waals surface area contributed by atoms with Crippen molar-refractivity contribution in [3.05, 3.63) is 28.7 Å². The lowest BCUT2D eigenvalue weighted by molar-refractivity contribution is 0.438. The Morgan fingerprint density at radius 2 is 1.88 bits per heavy atom. The molecule has 0 amide bonds. The number of imidazole rings is 1. The Kier molecular flexibility index (Phi) is 2.42. The van der Waals surface area contributed by atoms with Crippen LogP contribution in [0.4, 0.5) is 5.69 Å². The molecule has 90 valence electrons. The van der Waals surface area contributed by atoms with Gasteiger partial charge in [-0.15, -0.1) is 0 Å². The third-order valence-corrected chi connectivity index (χ3v) is 3.65. The number of fused-ring (bicyclic) bond motifs is 1. The average molecular weight is 231 g/mol. The molecule has 2 heterocycles. The number of aromatic nitrogens is 2. The van der Waals surface area contributed by atoms with Gasteiger partial charge < -0.3 is 14.9 Å². The maximum atomic E-state index is 11.2. The minimum absolute atomic E-state index is 0.135. The lowest BCUT2D eigenvalue weighted by atomic mass is 9.99. The maximum Gasteiger partial charge on any atom is 0.323 e. The highest BCUT2D eigenvalue weighted by Crippen LogP contribution is 2.24. The van der Waals surface area contributed by atoms with E-state index in [9.17, 15) is 4.79 Å². The molecule has 2 N–H and O–H groups in total. The zero-order valence-electron chi connectivity index (χ0n) is 9.99. The molecule has 0 aliphatic carbocycles. The molecular formula is C13H17N3O. The largest absolute Gasteiger partial charge is 0.371 e. The predicted molar refractivity (Wildman–Crippen MR) is 69.5 cm³/mol. The topological polar surface area (TPSA) is 51.9 Å². The molecule has 0 saturated carbocycles. The van der Waals surface area contributed by atoms with E-state index in [0.29, 0.717) is 0 Å². The third kappa shape index (κ3) is 1.95. The summed E-state index contributed by atoms with van der Waals surface area (Å²) < 4.78 is 0. The van der Waals surface area contributed by atoms with Crippen LogP contribution in [-0.2, 0) is 0 Å². The van der Waals surface area contributed by atoms with Crippen LogP contribution in [0, 0.1) is 5.92 Å². The molecule has 1 aliphatic heterocycles. The Balaban J connectivity index is 1.92. The third-order valence-electron chi connectivity index (χ3n) is 3.65. The molecular weight excluding hydrogens is 214 g/mol. The van der Waals surface area contributed by atoms with Crippen LogP contribution >= 0.6 is 0 Å². The number of piperidine rings is 1. The smallest absolute Gasteiger partial charge is 0.323 e. The van der Waals surface area contributed by atoms with Gasteiger partial charge in [0.05, 0.1) is 11.0 Å². The van der Waals surface area contributed by atoms with Gasteiger partial charge >= 0.3 is 5.69 Å². The molecule has 2 aromatic rings. The van der Waals surface area contributed by atoms with Crippen molar-refractivity contribution in [1.29, 1.82) is 0 Å². The SMILES string of the molecule is CC1CCN(c2ccc3[nH]c(=O)[nH]c3c2)CC1. The van der Waals surface area contributed by atoms with Crippen LogP contribution in [0.2, 0.25) is 0 Å². The van der Waals surface area contributed by atoms with Crippen LogP contribution in [0.15, 0.2) is 23.0 Å². The quantitative estimate of drug-likeness (QED) is 0.789. The van der Waals surface area contributed by atoms with Gasteiger partial charge in [0.2, 0.25) is 0 Å². The second-order valence-electron chi connectivity index (χ2n) is 4.98. The molecule has 0 bridgehead atoms. The molecule has 1 aromatic carbocycles.